The van der Waals surface area contributed by atoms with Gasteiger partial charge in [-0.05, 0) is 138 Å². The lowest BCUT2D eigenvalue weighted by molar-refractivity contribution is -0.103. The third-order valence-corrected chi connectivity index (χ3v) is 10.2. The molecule has 0 bridgehead atoms. The summed E-state index contributed by atoms with van der Waals surface area (Å²) in [5.41, 5.74) is -0.385. The Morgan fingerprint density at radius 3 is 2.36 bits per heavy atom. The van der Waals surface area contributed by atoms with Gasteiger partial charge < -0.3 is 10.2 Å². The van der Waals surface area contributed by atoms with Gasteiger partial charge in [-0.2, -0.15) is 0 Å². The molecule has 4 fully saturated rings. The van der Waals surface area contributed by atoms with E-state index in [1.165, 1.54) is 51.4 Å². The first kappa shape index (κ1) is 21.2. The zero-order valence-corrected chi connectivity index (χ0v) is 19.2. The van der Waals surface area contributed by atoms with E-state index in [0.29, 0.717) is 5.41 Å². The summed E-state index contributed by atoms with van der Waals surface area (Å²) in [7, 11) is 0. The predicted octanol–water partition coefficient (Wildman–Crippen LogP) is 6.19. The van der Waals surface area contributed by atoms with Crippen LogP contribution in [0.2, 0.25) is 0 Å². The molecule has 0 aromatic heterocycles. The fourth-order valence-corrected chi connectivity index (χ4v) is 8.84. The van der Waals surface area contributed by atoms with Gasteiger partial charge in [0.25, 0.3) is 0 Å². The molecule has 2 nitrogen and oxygen atoms in total. The van der Waals surface area contributed by atoms with Gasteiger partial charge in [0.1, 0.15) is 0 Å². The molecule has 0 radical (unpaired) electrons. The van der Waals surface area contributed by atoms with E-state index >= 15 is 0 Å². The van der Waals surface area contributed by atoms with Crippen LogP contribution in [0.15, 0.2) is 0 Å². The van der Waals surface area contributed by atoms with Crippen LogP contribution >= 0.6 is 0 Å². The summed E-state index contributed by atoms with van der Waals surface area (Å²) >= 11 is 0. The van der Waals surface area contributed by atoms with Crippen molar-refractivity contribution in [2.24, 2.45) is 46.8 Å². The summed E-state index contributed by atoms with van der Waals surface area (Å²) in [5, 5.41) is 20.8. The number of hydrogen-bond donors (Lipinski definition) is 2. The van der Waals surface area contributed by atoms with Crippen LogP contribution in [-0.4, -0.2) is 21.4 Å². The van der Waals surface area contributed by atoms with Gasteiger partial charge >= 0.3 is 0 Å². The second-order valence-corrected chi connectivity index (χ2v) is 12.7. The number of hydrogen-bond acceptors (Lipinski definition) is 2. The standard InChI is InChI=1S/C26H46O2/c1-17(10-13-24(2,3)27)22-8-9-23-21-7-6-18-16-25(4,28)14-11-19(18)20(21)12-15-26(22,23)5/h17-23,27-28H,6-16H2,1-5H3/t17-,18?,19+,20?,21?,22-,23?,25-,26-/m1/s1. The lowest BCUT2D eigenvalue weighted by Crippen LogP contribution is -2.50. The van der Waals surface area contributed by atoms with Crippen molar-refractivity contribution in [3.8, 4) is 0 Å². The van der Waals surface area contributed by atoms with Crippen molar-refractivity contribution >= 4 is 0 Å². The van der Waals surface area contributed by atoms with E-state index in [1.54, 1.807) is 0 Å². The molecule has 2 heteroatoms. The van der Waals surface area contributed by atoms with Gasteiger partial charge in [0, 0.05) is 0 Å². The van der Waals surface area contributed by atoms with Gasteiger partial charge in [-0.3, -0.25) is 0 Å². The first-order chi connectivity index (χ1) is 13.0. The lowest BCUT2D eigenvalue weighted by Gasteiger charge is -2.57. The number of fused-ring (bicyclic) bond motifs is 5. The molecule has 2 N–H and O–H groups in total. The molecular weight excluding hydrogens is 344 g/mol. The van der Waals surface area contributed by atoms with E-state index in [0.717, 1.165) is 60.7 Å². The van der Waals surface area contributed by atoms with Crippen molar-refractivity contribution < 1.29 is 10.2 Å². The molecule has 0 aliphatic heterocycles. The van der Waals surface area contributed by atoms with Crippen LogP contribution in [0.5, 0.6) is 0 Å². The second-order valence-electron chi connectivity index (χ2n) is 12.7. The molecule has 4 rings (SSSR count). The van der Waals surface area contributed by atoms with Gasteiger partial charge in [-0.15, -0.1) is 0 Å². The Morgan fingerprint density at radius 2 is 1.64 bits per heavy atom. The summed E-state index contributed by atoms with van der Waals surface area (Å²) in [5.74, 6) is 6.11. The molecule has 0 aromatic rings. The number of aliphatic hydroxyl groups is 2. The van der Waals surface area contributed by atoms with Gasteiger partial charge in [-0.25, -0.2) is 0 Å². The molecule has 4 saturated carbocycles. The Balaban J connectivity index is 1.45. The highest BCUT2D eigenvalue weighted by atomic mass is 16.3. The van der Waals surface area contributed by atoms with Crippen LogP contribution in [0, 0.1) is 46.8 Å². The third kappa shape index (κ3) is 3.82. The second kappa shape index (κ2) is 7.26. The maximum Gasteiger partial charge on any atom is 0.0622 e. The monoisotopic (exact) mass is 390 g/mol. The van der Waals surface area contributed by atoms with E-state index in [4.69, 9.17) is 0 Å². The highest BCUT2D eigenvalue weighted by Gasteiger charge is 2.58. The van der Waals surface area contributed by atoms with Gasteiger partial charge in [0.2, 0.25) is 0 Å². The average Bonchev–Trinajstić information content (AvgIpc) is 2.95. The lowest BCUT2D eigenvalue weighted by atomic mass is 9.48. The van der Waals surface area contributed by atoms with Crippen LogP contribution in [0.25, 0.3) is 0 Å². The highest BCUT2D eigenvalue weighted by Crippen LogP contribution is 2.65. The molecule has 4 unspecified atom stereocenters. The van der Waals surface area contributed by atoms with Crippen molar-refractivity contribution in [3.05, 3.63) is 0 Å². The molecule has 0 saturated heterocycles. The van der Waals surface area contributed by atoms with Gasteiger partial charge in [0.15, 0.2) is 0 Å². The summed E-state index contributed by atoms with van der Waals surface area (Å²) < 4.78 is 0. The third-order valence-electron chi connectivity index (χ3n) is 10.2. The Bertz CT molecular complexity index is 561. The predicted molar refractivity (Wildman–Crippen MR) is 116 cm³/mol. The first-order valence-electron chi connectivity index (χ1n) is 12.4. The SMILES string of the molecule is C[C@H](CCC(C)(C)O)[C@H]1CCC2C3CCC4C[C@](C)(O)CC[C@@H]4C3CC[C@@]21C. The minimum Gasteiger partial charge on any atom is -0.390 e. The van der Waals surface area contributed by atoms with Crippen LogP contribution in [-0.2, 0) is 0 Å². The fourth-order valence-electron chi connectivity index (χ4n) is 8.84. The van der Waals surface area contributed by atoms with Crippen molar-refractivity contribution in [2.45, 2.75) is 116 Å². The van der Waals surface area contributed by atoms with E-state index in [-0.39, 0.29) is 0 Å². The topological polar surface area (TPSA) is 40.5 Å². The summed E-state index contributed by atoms with van der Waals surface area (Å²) in [6.45, 7) is 11.1. The zero-order chi connectivity index (χ0) is 20.3. The molecule has 28 heavy (non-hydrogen) atoms. The summed E-state index contributed by atoms with van der Waals surface area (Å²) in [4.78, 5) is 0. The fraction of sp³-hybridized carbons (Fsp3) is 1.00. The Morgan fingerprint density at radius 1 is 0.929 bits per heavy atom. The van der Waals surface area contributed by atoms with E-state index < -0.39 is 11.2 Å². The number of rotatable bonds is 4. The summed E-state index contributed by atoms with van der Waals surface area (Å²) in [6, 6.07) is 0. The van der Waals surface area contributed by atoms with Gasteiger partial charge in [-0.1, -0.05) is 13.8 Å². The zero-order valence-electron chi connectivity index (χ0n) is 19.2. The minimum absolute atomic E-state index is 0.397. The smallest absolute Gasteiger partial charge is 0.0622 e. The molecule has 9 atom stereocenters. The van der Waals surface area contributed by atoms with Crippen LogP contribution < -0.4 is 0 Å². The minimum atomic E-state index is -0.522. The highest BCUT2D eigenvalue weighted by molar-refractivity contribution is 5.07. The van der Waals surface area contributed by atoms with Crippen LogP contribution in [0.3, 0.4) is 0 Å². The quantitative estimate of drug-likeness (QED) is 0.600. The van der Waals surface area contributed by atoms with Crippen molar-refractivity contribution in [1.29, 1.82) is 0 Å². The maximum absolute atomic E-state index is 10.6. The normalized spacial score (nSPS) is 49.8. The maximum atomic E-state index is 10.6. The molecule has 4 aliphatic rings. The Kier molecular flexibility index (Phi) is 5.49. The largest absolute Gasteiger partial charge is 0.390 e. The molecule has 0 heterocycles. The van der Waals surface area contributed by atoms with Gasteiger partial charge in [0.05, 0.1) is 11.2 Å². The molecule has 4 aliphatic carbocycles. The van der Waals surface area contributed by atoms with E-state index in [9.17, 15) is 10.2 Å². The molecule has 0 spiro atoms. The van der Waals surface area contributed by atoms with Crippen LogP contribution in [0.4, 0.5) is 0 Å². The van der Waals surface area contributed by atoms with E-state index in [1.807, 2.05) is 13.8 Å². The van der Waals surface area contributed by atoms with Crippen molar-refractivity contribution in [3.63, 3.8) is 0 Å². The van der Waals surface area contributed by atoms with Crippen molar-refractivity contribution in [1.82, 2.24) is 0 Å². The molecule has 0 aromatic carbocycles. The average molecular weight is 391 g/mol. The molecular formula is C26H46O2. The summed E-state index contributed by atoms with van der Waals surface area (Å²) in [6.07, 6.45) is 14.0. The Hall–Kier alpha value is -0.0800. The molecule has 162 valence electrons. The first-order valence-corrected chi connectivity index (χ1v) is 12.4. The van der Waals surface area contributed by atoms with Crippen molar-refractivity contribution in [2.75, 3.05) is 0 Å². The van der Waals surface area contributed by atoms with E-state index in [2.05, 4.69) is 20.8 Å². The molecule has 0 amide bonds. The van der Waals surface area contributed by atoms with Crippen LogP contribution in [0.1, 0.15) is 105 Å². The Labute approximate surface area is 173 Å².